The lowest BCUT2D eigenvalue weighted by molar-refractivity contribution is 0.278. The zero-order valence-corrected chi connectivity index (χ0v) is 12.5. The first-order valence-corrected chi connectivity index (χ1v) is 7.58. The monoisotopic (exact) mass is 307 g/mol. The minimum absolute atomic E-state index is 0.119. The van der Waals surface area contributed by atoms with Gasteiger partial charge in [-0.05, 0) is 27.0 Å². The summed E-state index contributed by atoms with van der Waals surface area (Å²) in [4.78, 5) is 1.28. The van der Waals surface area contributed by atoms with Crippen LogP contribution in [0.2, 0.25) is 0 Å². The zero-order valence-electron chi connectivity index (χ0n) is 11.7. The molecule has 0 fully saturated rings. The van der Waals surface area contributed by atoms with Gasteiger partial charge in [0.2, 0.25) is 10.0 Å². The molecule has 0 saturated carbocycles. The number of likely N-dealkylation sites (N-methyl/N-ethyl adjacent to an activating group) is 1. The van der Waals surface area contributed by atoms with E-state index >= 15 is 0 Å². The molecular formula is C12H19F2N3O2S. The van der Waals surface area contributed by atoms with Crippen LogP contribution in [0.15, 0.2) is 17.0 Å². The molecule has 0 heterocycles. The van der Waals surface area contributed by atoms with Crippen molar-refractivity contribution < 1.29 is 17.2 Å². The number of nitrogens with two attached hydrogens (primary N) is 1. The first-order valence-electron chi connectivity index (χ1n) is 6.09. The van der Waals surface area contributed by atoms with Gasteiger partial charge in [0.05, 0.1) is 5.69 Å². The summed E-state index contributed by atoms with van der Waals surface area (Å²) in [6.07, 6.45) is 0. The lowest BCUT2D eigenvalue weighted by Gasteiger charge is -2.20. The van der Waals surface area contributed by atoms with Crippen LogP contribution in [0.3, 0.4) is 0 Å². The van der Waals surface area contributed by atoms with E-state index in [-0.39, 0.29) is 12.6 Å². The molecule has 1 aromatic rings. The van der Waals surface area contributed by atoms with Crippen molar-refractivity contribution in [1.29, 1.82) is 0 Å². The van der Waals surface area contributed by atoms with Gasteiger partial charge in [-0.1, -0.05) is 0 Å². The van der Waals surface area contributed by atoms with E-state index < -0.39 is 32.2 Å². The third kappa shape index (κ3) is 4.12. The summed E-state index contributed by atoms with van der Waals surface area (Å²) in [6, 6.07) is 1.50. The second-order valence-electron chi connectivity index (χ2n) is 4.78. The summed E-state index contributed by atoms with van der Waals surface area (Å²) in [5.74, 6) is -2.15. The van der Waals surface area contributed by atoms with Gasteiger partial charge in [-0.3, -0.25) is 0 Å². The van der Waals surface area contributed by atoms with Gasteiger partial charge >= 0.3 is 0 Å². The fraction of sp³-hybridized carbons (Fsp3) is 0.500. The molecule has 0 amide bonds. The number of rotatable bonds is 6. The number of hydrogen-bond donors (Lipinski definition) is 2. The van der Waals surface area contributed by atoms with Crippen LogP contribution in [-0.2, 0) is 10.0 Å². The molecule has 8 heteroatoms. The van der Waals surface area contributed by atoms with Crippen molar-refractivity contribution in [2.24, 2.45) is 0 Å². The molecule has 0 bridgehead atoms. The summed E-state index contributed by atoms with van der Waals surface area (Å²) in [5, 5.41) is 0. The Labute approximate surface area is 117 Å². The van der Waals surface area contributed by atoms with Crippen molar-refractivity contribution >= 4 is 15.7 Å². The number of benzene rings is 1. The average Bonchev–Trinajstić information content (AvgIpc) is 2.33. The number of anilines is 1. The van der Waals surface area contributed by atoms with Crippen LogP contribution in [0.1, 0.15) is 13.8 Å². The van der Waals surface area contributed by atoms with Gasteiger partial charge < -0.3 is 10.6 Å². The minimum atomic E-state index is -4.05. The number of nitrogens with one attached hydrogen (secondary N) is 1. The molecule has 1 rings (SSSR count). The third-order valence-electron chi connectivity index (χ3n) is 2.98. The molecule has 0 spiro atoms. The SMILES string of the molecule is CC(C)N(C)CCNS(=O)(=O)c1cc(N)c(F)cc1F. The number of hydrogen-bond acceptors (Lipinski definition) is 4. The van der Waals surface area contributed by atoms with Gasteiger partial charge in [0.15, 0.2) is 0 Å². The van der Waals surface area contributed by atoms with Crippen LogP contribution >= 0.6 is 0 Å². The Bertz CT molecular complexity index is 576. The molecular weight excluding hydrogens is 288 g/mol. The van der Waals surface area contributed by atoms with Crippen LogP contribution in [0.5, 0.6) is 0 Å². The van der Waals surface area contributed by atoms with Crippen LogP contribution < -0.4 is 10.5 Å². The molecule has 0 saturated heterocycles. The van der Waals surface area contributed by atoms with E-state index in [4.69, 9.17) is 5.73 Å². The Kier molecular flexibility index (Phi) is 5.43. The van der Waals surface area contributed by atoms with Gasteiger partial charge in [-0.25, -0.2) is 21.9 Å². The smallest absolute Gasteiger partial charge is 0.243 e. The molecule has 0 aliphatic carbocycles. The lowest BCUT2D eigenvalue weighted by Crippen LogP contribution is -2.36. The van der Waals surface area contributed by atoms with Crippen LogP contribution in [0.4, 0.5) is 14.5 Å². The van der Waals surface area contributed by atoms with Crippen molar-refractivity contribution in [3.8, 4) is 0 Å². The van der Waals surface area contributed by atoms with Gasteiger partial charge in [0.25, 0.3) is 0 Å². The van der Waals surface area contributed by atoms with Gasteiger partial charge in [0, 0.05) is 25.2 Å². The summed E-state index contributed by atoms with van der Waals surface area (Å²) in [7, 11) is -2.21. The summed E-state index contributed by atoms with van der Waals surface area (Å²) in [5.41, 5.74) is 4.85. The van der Waals surface area contributed by atoms with Crippen LogP contribution in [0, 0.1) is 11.6 Å². The fourth-order valence-electron chi connectivity index (χ4n) is 1.44. The molecule has 0 unspecified atom stereocenters. The predicted molar refractivity (Wildman–Crippen MR) is 73.7 cm³/mol. The Morgan fingerprint density at radius 3 is 2.45 bits per heavy atom. The van der Waals surface area contributed by atoms with Crippen LogP contribution in [-0.4, -0.2) is 39.5 Å². The molecule has 0 radical (unpaired) electrons. The van der Waals surface area contributed by atoms with Gasteiger partial charge in [-0.2, -0.15) is 0 Å². The number of sulfonamides is 1. The molecule has 20 heavy (non-hydrogen) atoms. The molecule has 0 aliphatic rings. The highest BCUT2D eigenvalue weighted by Gasteiger charge is 2.21. The van der Waals surface area contributed by atoms with E-state index in [0.717, 1.165) is 6.07 Å². The van der Waals surface area contributed by atoms with Gasteiger partial charge in [0.1, 0.15) is 16.5 Å². The Balaban J connectivity index is 2.82. The van der Waals surface area contributed by atoms with E-state index in [1.807, 2.05) is 25.8 Å². The van der Waals surface area contributed by atoms with E-state index in [1.54, 1.807) is 0 Å². The Morgan fingerprint density at radius 1 is 1.30 bits per heavy atom. The number of halogens is 2. The molecule has 114 valence electrons. The maximum atomic E-state index is 13.5. The quantitative estimate of drug-likeness (QED) is 0.774. The van der Waals surface area contributed by atoms with Crippen molar-refractivity contribution in [3.05, 3.63) is 23.8 Å². The highest BCUT2D eigenvalue weighted by atomic mass is 32.2. The number of nitrogens with zero attached hydrogens (tertiary/aromatic N) is 1. The summed E-state index contributed by atoms with van der Waals surface area (Å²) in [6.45, 7) is 4.52. The molecule has 5 nitrogen and oxygen atoms in total. The van der Waals surface area contributed by atoms with Gasteiger partial charge in [-0.15, -0.1) is 0 Å². The van der Waals surface area contributed by atoms with E-state index in [1.165, 1.54) is 0 Å². The topological polar surface area (TPSA) is 75.4 Å². The second-order valence-corrected chi connectivity index (χ2v) is 6.51. The molecule has 0 atom stereocenters. The third-order valence-corrected chi connectivity index (χ3v) is 4.45. The average molecular weight is 307 g/mol. The first-order chi connectivity index (χ1) is 9.15. The molecule has 1 aromatic carbocycles. The second kappa shape index (κ2) is 6.47. The highest BCUT2D eigenvalue weighted by molar-refractivity contribution is 7.89. The number of nitrogen functional groups attached to an aromatic ring is 1. The van der Waals surface area contributed by atoms with E-state index in [9.17, 15) is 17.2 Å². The summed E-state index contributed by atoms with van der Waals surface area (Å²) < 4.78 is 52.6. The maximum Gasteiger partial charge on any atom is 0.243 e. The van der Waals surface area contributed by atoms with Crippen LogP contribution in [0.25, 0.3) is 0 Å². The normalized spacial score (nSPS) is 12.3. The van der Waals surface area contributed by atoms with Crippen molar-refractivity contribution in [1.82, 2.24) is 9.62 Å². The lowest BCUT2D eigenvalue weighted by atomic mass is 10.3. The van der Waals surface area contributed by atoms with E-state index in [2.05, 4.69) is 4.72 Å². The first kappa shape index (κ1) is 16.8. The maximum absolute atomic E-state index is 13.5. The zero-order chi connectivity index (χ0) is 15.5. The highest BCUT2D eigenvalue weighted by Crippen LogP contribution is 2.20. The Morgan fingerprint density at radius 2 is 1.90 bits per heavy atom. The Hall–Kier alpha value is -1.25. The predicted octanol–water partition coefficient (Wildman–Crippen LogP) is 1.17. The fourth-order valence-corrected chi connectivity index (χ4v) is 2.56. The van der Waals surface area contributed by atoms with Crippen molar-refractivity contribution in [3.63, 3.8) is 0 Å². The minimum Gasteiger partial charge on any atom is -0.396 e. The summed E-state index contributed by atoms with van der Waals surface area (Å²) >= 11 is 0. The van der Waals surface area contributed by atoms with Crippen molar-refractivity contribution in [2.45, 2.75) is 24.8 Å². The molecule has 0 aliphatic heterocycles. The standard InChI is InChI=1S/C12H19F2N3O2S/c1-8(2)17(3)5-4-16-20(18,19)12-7-11(15)9(13)6-10(12)14/h6-8,16H,4-5,15H2,1-3H3. The van der Waals surface area contributed by atoms with Crippen molar-refractivity contribution in [2.75, 3.05) is 25.9 Å². The molecule has 0 aromatic heterocycles. The van der Waals surface area contributed by atoms with E-state index in [0.29, 0.717) is 12.6 Å². The largest absolute Gasteiger partial charge is 0.396 e. The molecule has 3 N–H and O–H groups in total.